The summed E-state index contributed by atoms with van der Waals surface area (Å²) in [5, 5.41) is 3.01. The molecule has 0 bridgehead atoms. The van der Waals surface area contributed by atoms with Gasteiger partial charge in [-0.1, -0.05) is 19.1 Å². The number of fused-ring (bicyclic) bond motifs is 1. The van der Waals surface area contributed by atoms with Crippen molar-refractivity contribution in [2.75, 3.05) is 5.32 Å². The van der Waals surface area contributed by atoms with Crippen LogP contribution in [0.3, 0.4) is 0 Å². The van der Waals surface area contributed by atoms with Gasteiger partial charge in [0.1, 0.15) is 0 Å². The van der Waals surface area contributed by atoms with Gasteiger partial charge in [0.05, 0.1) is 10.8 Å². The summed E-state index contributed by atoms with van der Waals surface area (Å²) < 4.78 is 0. The molecule has 1 amide bonds. The van der Waals surface area contributed by atoms with Crippen molar-refractivity contribution in [1.82, 2.24) is 0 Å². The highest BCUT2D eigenvalue weighted by atomic mass is 35.5. The molecule has 0 spiro atoms. The Balaban J connectivity index is 1.97. The van der Waals surface area contributed by atoms with E-state index in [0.29, 0.717) is 5.92 Å². The van der Waals surface area contributed by atoms with E-state index in [9.17, 15) is 4.79 Å². The molecule has 1 N–H and O–H groups in total. The Morgan fingerprint density at radius 3 is 2.72 bits per heavy atom. The van der Waals surface area contributed by atoms with E-state index in [1.165, 1.54) is 6.42 Å². The van der Waals surface area contributed by atoms with E-state index >= 15 is 0 Å². The van der Waals surface area contributed by atoms with Crippen LogP contribution in [0.1, 0.15) is 43.7 Å². The molecule has 1 aliphatic carbocycles. The number of benzene rings is 1. The number of amides is 1. The Hall–Kier alpha value is -1.02. The molecule has 0 aromatic heterocycles. The van der Waals surface area contributed by atoms with Crippen LogP contribution in [-0.4, -0.2) is 5.91 Å². The Morgan fingerprint density at radius 1 is 1.44 bits per heavy atom. The van der Waals surface area contributed by atoms with Crippen LogP contribution in [0.25, 0.3) is 0 Å². The summed E-state index contributed by atoms with van der Waals surface area (Å²) in [6.07, 6.45) is 1.21. The molecular formula is C15H18ClNO. The molecule has 18 heavy (non-hydrogen) atoms. The Morgan fingerprint density at radius 2 is 2.11 bits per heavy atom. The standard InChI is InChI=1S/C15H18ClNO/c1-8-6-10(8)13(16)9-4-5-12-11(7-9)15(2,3)14(18)17-12/h4-5,7-8,10,13H,6H2,1-3H3,(H,17,18). The van der Waals surface area contributed by atoms with Crippen LogP contribution >= 0.6 is 11.6 Å². The molecule has 3 atom stereocenters. The molecule has 1 fully saturated rings. The van der Waals surface area contributed by atoms with Crippen LogP contribution in [0.5, 0.6) is 0 Å². The molecule has 0 radical (unpaired) electrons. The summed E-state index contributed by atoms with van der Waals surface area (Å²) in [5.41, 5.74) is 2.71. The lowest BCUT2D eigenvalue weighted by Gasteiger charge is -2.17. The van der Waals surface area contributed by atoms with E-state index in [1.807, 2.05) is 26.0 Å². The lowest BCUT2D eigenvalue weighted by molar-refractivity contribution is -0.119. The molecule has 1 saturated carbocycles. The highest BCUT2D eigenvalue weighted by Crippen LogP contribution is 2.51. The Kier molecular flexibility index (Phi) is 2.50. The monoisotopic (exact) mass is 263 g/mol. The zero-order valence-corrected chi connectivity index (χ0v) is 11.7. The van der Waals surface area contributed by atoms with Crippen LogP contribution in [0, 0.1) is 11.8 Å². The first kappa shape index (κ1) is 12.0. The summed E-state index contributed by atoms with van der Waals surface area (Å²) in [6.45, 7) is 6.16. The van der Waals surface area contributed by atoms with Crippen molar-refractivity contribution < 1.29 is 4.79 Å². The maximum atomic E-state index is 11.9. The molecule has 1 aromatic carbocycles. The minimum absolute atomic E-state index is 0.0700. The van der Waals surface area contributed by atoms with Gasteiger partial charge in [-0.2, -0.15) is 0 Å². The normalized spacial score (nSPS) is 29.7. The molecule has 2 nitrogen and oxygen atoms in total. The third-order valence-electron chi connectivity index (χ3n) is 4.40. The van der Waals surface area contributed by atoms with E-state index in [0.717, 1.165) is 22.7 Å². The van der Waals surface area contributed by atoms with Crippen LogP contribution < -0.4 is 5.32 Å². The Bertz CT molecular complexity index is 523. The van der Waals surface area contributed by atoms with Gasteiger partial charge < -0.3 is 5.32 Å². The van der Waals surface area contributed by atoms with Crippen molar-refractivity contribution in [1.29, 1.82) is 0 Å². The molecule has 96 valence electrons. The van der Waals surface area contributed by atoms with Gasteiger partial charge in [0.25, 0.3) is 0 Å². The number of hydrogen-bond acceptors (Lipinski definition) is 1. The zero-order chi connectivity index (χ0) is 13.1. The predicted molar refractivity (Wildman–Crippen MR) is 74.0 cm³/mol. The average molecular weight is 264 g/mol. The van der Waals surface area contributed by atoms with Gasteiger partial charge in [0, 0.05) is 5.69 Å². The van der Waals surface area contributed by atoms with E-state index in [2.05, 4.69) is 18.3 Å². The molecule has 3 rings (SSSR count). The summed E-state index contributed by atoms with van der Waals surface area (Å²) in [5.74, 6) is 1.40. The molecular weight excluding hydrogens is 246 g/mol. The van der Waals surface area contributed by atoms with Crippen LogP contribution in [0.15, 0.2) is 18.2 Å². The number of alkyl halides is 1. The van der Waals surface area contributed by atoms with Gasteiger partial charge >= 0.3 is 0 Å². The lowest BCUT2D eigenvalue weighted by Crippen LogP contribution is -2.26. The van der Waals surface area contributed by atoms with E-state index in [4.69, 9.17) is 11.6 Å². The van der Waals surface area contributed by atoms with Gasteiger partial charge in [0.2, 0.25) is 5.91 Å². The zero-order valence-electron chi connectivity index (χ0n) is 11.0. The maximum Gasteiger partial charge on any atom is 0.234 e. The number of halogens is 1. The second-order valence-corrected chi connectivity index (χ2v) is 6.63. The third-order valence-corrected chi connectivity index (χ3v) is 4.97. The predicted octanol–water partition coefficient (Wildman–Crippen LogP) is 3.85. The number of hydrogen-bond donors (Lipinski definition) is 1. The van der Waals surface area contributed by atoms with Gasteiger partial charge in [0.15, 0.2) is 0 Å². The fourth-order valence-electron chi connectivity index (χ4n) is 2.77. The van der Waals surface area contributed by atoms with Crippen molar-refractivity contribution in [3.05, 3.63) is 29.3 Å². The summed E-state index contributed by atoms with van der Waals surface area (Å²) >= 11 is 6.52. The van der Waals surface area contributed by atoms with Gasteiger partial charge in [-0.05, 0) is 49.3 Å². The highest BCUT2D eigenvalue weighted by Gasteiger charge is 2.42. The van der Waals surface area contributed by atoms with Crippen LogP contribution in [0.2, 0.25) is 0 Å². The summed E-state index contributed by atoms with van der Waals surface area (Å²) in [7, 11) is 0. The minimum atomic E-state index is -0.447. The minimum Gasteiger partial charge on any atom is -0.325 e. The number of anilines is 1. The van der Waals surface area contributed by atoms with E-state index < -0.39 is 5.41 Å². The average Bonchev–Trinajstić information content (AvgIpc) is 3.00. The molecule has 2 aliphatic rings. The second kappa shape index (κ2) is 3.74. The summed E-state index contributed by atoms with van der Waals surface area (Å²) in [4.78, 5) is 11.9. The first-order valence-corrected chi connectivity index (χ1v) is 6.95. The van der Waals surface area contributed by atoms with Crippen molar-refractivity contribution in [2.45, 2.75) is 38.0 Å². The van der Waals surface area contributed by atoms with Crippen LogP contribution in [0.4, 0.5) is 5.69 Å². The molecule has 1 aliphatic heterocycles. The number of nitrogens with one attached hydrogen (secondary N) is 1. The maximum absolute atomic E-state index is 11.9. The third kappa shape index (κ3) is 1.66. The molecule has 3 unspecified atom stereocenters. The molecule has 1 heterocycles. The molecule has 1 aromatic rings. The van der Waals surface area contributed by atoms with Gasteiger partial charge in [-0.3, -0.25) is 4.79 Å². The number of rotatable bonds is 2. The quantitative estimate of drug-likeness (QED) is 0.807. The van der Waals surface area contributed by atoms with E-state index in [1.54, 1.807) is 0 Å². The largest absolute Gasteiger partial charge is 0.325 e. The first-order valence-electron chi connectivity index (χ1n) is 6.51. The Labute approximate surface area is 113 Å². The lowest BCUT2D eigenvalue weighted by atomic mass is 9.85. The second-order valence-electron chi connectivity index (χ2n) is 6.16. The number of carbonyl (C=O) groups excluding carboxylic acids is 1. The SMILES string of the molecule is CC1CC1C(Cl)c1ccc2c(c1)C(C)(C)C(=O)N2. The topological polar surface area (TPSA) is 29.1 Å². The fourth-order valence-corrected chi connectivity index (χ4v) is 3.25. The molecule has 3 heteroatoms. The van der Waals surface area contributed by atoms with Crippen molar-refractivity contribution >= 4 is 23.2 Å². The van der Waals surface area contributed by atoms with Gasteiger partial charge in [-0.15, -0.1) is 11.6 Å². The van der Waals surface area contributed by atoms with Gasteiger partial charge in [-0.25, -0.2) is 0 Å². The van der Waals surface area contributed by atoms with Crippen LogP contribution in [-0.2, 0) is 10.2 Å². The highest BCUT2D eigenvalue weighted by molar-refractivity contribution is 6.21. The molecule has 0 saturated heterocycles. The fraction of sp³-hybridized carbons (Fsp3) is 0.533. The summed E-state index contributed by atoms with van der Waals surface area (Å²) in [6, 6.07) is 6.14. The smallest absolute Gasteiger partial charge is 0.234 e. The van der Waals surface area contributed by atoms with Crippen molar-refractivity contribution in [3.8, 4) is 0 Å². The van der Waals surface area contributed by atoms with Crippen molar-refractivity contribution in [2.24, 2.45) is 11.8 Å². The van der Waals surface area contributed by atoms with Crippen molar-refractivity contribution in [3.63, 3.8) is 0 Å². The van der Waals surface area contributed by atoms with E-state index in [-0.39, 0.29) is 11.3 Å². The first-order chi connectivity index (χ1) is 8.41. The number of carbonyl (C=O) groups is 1.